The van der Waals surface area contributed by atoms with Crippen LogP contribution in [0.5, 0.6) is 0 Å². The number of benzene rings is 1. The Labute approximate surface area is 209 Å². The molecule has 0 aliphatic carbocycles. The number of ether oxygens (including phenoxy) is 1. The lowest BCUT2D eigenvalue weighted by atomic mass is 9.96. The Morgan fingerprint density at radius 3 is 2.53 bits per heavy atom. The van der Waals surface area contributed by atoms with E-state index < -0.39 is 17.7 Å². The van der Waals surface area contributed by atoms with E-state index in [2.05, 4.69) is 10.3 Å². The number of amides is 3. The van der Waals surface area contributed by atoms with Crippen molar-refractivity contribution in [2.24, 2.45) is 0 Å². The van der Waals surface area contributed by atoms with Crippen molar-refractivity contribution >= 4 is 17.7 Å². The second-order valence-corrected chi connectivity index (χ2v) is 9.16. The van der Waals surface area contributed by atoms with Crippen molar-refractivity contribution in [2.45, 2.75) is 38.1 Å². The van der Waals surface area contributed by atoms with E-state index in [0.717, 1.165) is 11.1 Å². The van der Waals surface area contributed by atoms with Crippen LogP contribution >= 0.6 is 0 Å². The molecule has 0 bridgehead atoms. The van der Waals surface area contributed by atoms with Crippen LogP contribution in [0.25, 0.3) is 0 Å². The molecule has 1 atom stereocenters. The third-order valence-corrected chi connectivity index (χ3v) is 6.83. The first kappa shape index (κ1) is 23.7. The van der Waals surface area contributed by atoms with Crippen LogP contribution in [0.1, 0.15) is 44.9 Å². The van der Waals surface area contributed by atoms with Crippen LogP contribution in [0.3, 0.4) is 0 Å². The van der Waals surface area contributed by atoms with Gasteiger partial charge in [0, 0.05) is 50.4 Å². The molecule has 1 unspecified atom stereocenters. The van der Waals surface area contributed by atoms with E-state index in [9.17, 15) is 14.4 Å². The van der Waals surface area contributed by atoms with Gasteiger partial charge in [-0.1, -0.05) is 17.7 Å². The second-order valence-electron chi connectivity index (χ2n) is 9.16. The molecule has 36 heavy (non-hydrogen) atoms. The lowest BCUT2D eigenvalue weighted by Crippen LogP contribution is -2.59. The lowest BCUT2D eigenvalue weighted by molar-refractivity contribution is -0.128. The molecule has 0 saturated carbocycles. The molecular weight excluding hydrogens is 460 g/mol. The highest BCUT2D eigenvalue weighted by molar-refractivity contribution is 5.97. The van der Waals surface area contributed by atoms with Crippen molar-refractivity contribution in [3.63, 3.8) is 0 Å². The fourth-order valence-electron chi connectivity index (χ4n) is 4.91. The van der Waals surface area contributed by atoms with Crippen molar-refractivity contribution in [1.82, 2.24) is 20.1 Å². The number of furan rings is 1. The van der Waals surface area contributed by atoms with E-state index in [1.165, 1.54) is 11.2 Å². The molecule has 2 fully saturated rings. The first-order valence-electron chi connectivity index (χ1n) is 12.0. The van der Waals surface area contributed by atoms with E-state index in [4.69, 9.17) is 9.15 Å². The fraction of sp³-hybridized carbons (Fsp3) is 0.333. The van der Waals surface area contributed by atoms with Gasteiger partial charge in [-0.05, 0) is 48.9 Å². The minimum atomic E-state index is -0.994. The predicted octanol–water partition coefficient (Wildman–Crippen LogP) is 2.77. The Kier molecular flexibility index (Phi) is 6.56. The van der Waals surface area contributed by atoms with Crippen molar-refractivity contribution in [3.8, 4) is 0 Å². The number of nitrogens with zero attached hydrogens (tertiary/aromatic N) is 3. The summed E-state index contributed by atoms with van der Waals surface area (Å²) in [5.41, 5.74) is 1.56. The van der Waals surface area contributed by atoms with E-state index >= 15 is 0 Å². The molecule has 9 nitrogen and oxygen atoms in total. The number of nitrogens with one attached hydrogen (secondary N) is 1. The molecule has 3 aromatic rings. The molecule has 186 valence electrons. The number of aryl methyl sites for hydroxylation is 1. The Hall–Kier alpha value is -3.98. The molecule has 2 aromatic heterocycles. The van der Waals surface area contributed by atoms with Crippen molar-refractivity contribution in [2.75, 3.05) is 19.7 Å². The Bertz CT molecular complexity index is 1240. The molecule has 1 N–H and O–H groups in total. The zero-order valence-electron chi connectivity index (χ0n) is 20.1. The number of piperidine rings is 1. The van der Waals surface area contributed by atoms with Crippen LogP contribution in [0.2, 0.25) is 0 Å². The van der Waals surface area contributed by atoms with Gasteiger partial charge in [0.05, 0.1) is 12.9 Å². The van der Waals surface area contributed by atoms with Crippen LogP contribution in [0.15, 0.2) is 71.6 Å². The van der Waals surface area contributed by atoms with Crippen molar-refractivity contribution < 1.29 is 23.5 Å². The van der Waals surface area contributed by atoms with Crippen molar-refractivity contribution in [1.29, 1.82) is 0 Å². The first-order valence-corrected chi connectivity index (χ1v) is 12.0. The van der Waals surface area contributed by atoms with E-state index in [-0.39, 0.29) is 24.2 Å². The molecule has 2 aliphatic heterocycles. The minimum absolute atomic E-state index is 0.0536. The maximum Gasteiger partial charge on any atom is 0.292 e. The van der Waals surface area contributed by atoms with Crippen LogP contribution in [-0.4, -0.2) is 64.0 Å². The highest BCUT2D eigenvalue weighted by Crippen LogP contribution is 2.39. The largest absolute Gasteiger partial charge is 0.459 e. The second kappa shape index (κ2) is 9.94. The average molecular weight is 489 g/mol. The molecule has 5 rings (SSSR count). The molecule has 1 aromatic carbocycles. The number of likely N-dealkylation sites (tertiary alicyclic amines) is 1. The topological polar surface area (TPSA) is 105 Å². The van der Waals surface area contributed by atoms with Gasteiger partial charge in [0.2, 0.25) is 5.91 Å². The summed E-state index contributed by atoms with van der Waals surface area (Å²) in [6.07, 6.45) is 5.54. The summed E-state index contributed by atoms with van der Waals surface area (Å²) in [6.45, 7) is 3.14. The minimum Gasteiger partial charge on any atom is -0.459 e. The van der Waals surface area contributed by atoms with Gasteiger partial charge >= 0.3 is 0 Å². The number of carbonyl (C=O) groups is 3. The predicted molar refractivity (Wildman–Crippen MR) is 130 cm³/mol. The number of rotatable bonds is 5. The zero-order valence-corrected chi connectivity index (χ0v) is 20.1. The Balaban J connectivity index is 1.33. The van der Waals surface area contributed by atoms with Gasteiger partial charge in [-0.2, -0.15) is 0 Å². The van der Waals surface area contributed by atoms with Gasteiger partial charge in [0.25, 0.3) is 11.8 Å². The standard InChI is InChI=1S/C27H28N4O5/c1-19-4-2-5-21(16-19)25(33)30-13-9-27(10-14-30)31(26(34)23-6-3-15-35-23)22(18-36-27)24(32)29-17-20-7-11-28-12-8-20/h2-8,11-12,15-16,22H,9-10,13-14,17-18H2,1H3,(H,29,32). The number of carbonyl (C=O) groups excluding carboxylic acids is 3. The van der Waals surface area contributed by atoms with Crippen molar-refractivity contribution in [3.05, 3.63) is 89.6 Å². The summed E-state index contributed by atoms with van der Waals surface area (Å²) >= 11 is 0. The van der Waals surface area contributed by atoms with E-state index in [1.54, 1.807) is 29.4 Å². The summed E-state index contributed by atoms with van der Waals surface area (Å²) < 4.78 is 11.6. The number of hydrogen-bond donors (Lipinski definition) is 1. The first-order chi connectivity index (χ1) is 17.5. The molecule has 9 heteroatoms. The average Bonchev–Trinajstić information content (AvgIpc) is 3.57. The van der Waals surface area contributed by atoms with Crippen LogP contribution < -0.4 is 5.32 Å². The summed E-state index contributed by atoms with van der Waals surface area (Å²) in [4.78, 5) is 47.1. The quantitative estimate of drug-likeness (QED) is 0.592. The fourth-order valence-corrected chi connectivity index (χ4v) is 4.91. The smallest absolute Gasteiger partial charge is 0.292 e. The van der Waals surface area contributed by atoms with Gasteiger partial charge in [-0.3, -0.25) is 24.3 Å². The third kappa shape index (κ3) is 4.61. The van der Waals surface area contributed by atoms with E-state index in [1.807, 2.05) is 43.3 Å². The van der Waals surface area contributed by atoms with Gasteiger partial charge < -0.3 is 19.4 Å². The number of hydrogen-bond acceptors (Lipinski definition) is 6. The van der Waals surface area contributed by atoms with Gasteiger partial charge in [0.1, 0.15) is 11.8 Å². The molecule has 3 amide bonds. The zero-order chi connectivity index (χ0) is 25.1. The van der Waals surface area contributed by atoms with Crippen LogP contribution in [0.4, 0.5) is 0 Å². The summed E-state index contributed by atoms with van der Waals surface area (Å²) in [7, 11) is 0. The maximum absolute atomic E-state index is 13.5. The summed E-state index contributed by atoms with van der Waals surface area (Å²) in [5, 5.41) is 2.91. The highest BCUT2D eigenvalue weighted by Gasteiger charge is 2.54. The molecule has 4 heterocycles. The summed E-state index contributed by atoms with van der Waals surface area (Å²) in [5.74, 6) is -0.617. The number of pyridine rings is 1. The molecular formula is C27H28N4O5. The third-order valence-electron chi connectivity index (χ3n) is 6.83. The molecule has 0 radical (unpaired) electrons. The summed E-state index contributed by atoms with van der Waals surface area (Å²) in [6, 6.07) is 13.5. The molecule has 2 saturated heterocycles. The van der Waals surface area contributed by atoms with Gasteiger partial charge in [-0.15, -0.1) is 0 Å². The Morgan fingerprint density at radius 2 is 1.83 bits per heavy atom. The maximum atomic E-state index is 13.5. The number of aromatic nitrogens is 1. The highest BCUT2D eigenvalue weighted by atomic mass is 16.5. The molecule has 1 spiro atoms. The SMILES string of the molecule is Cc1cccc(C(=O)N2CCC3(CC2)OCC(C(=O)NCc2ccncc2)N3C(=O)c2ccco2)c1. The molecule has 2 aliphatic rings. The van der Waals surface area contributed by atoms with E-state index in [0.29, 0.717) is 38.0 Å². The van der Waals surface area contributed by atoms with Gasteiger partial charge in [-0.25, -0.2) is 0 Å². The Morgan fingerprint density at radius 1 is 1.06 bits per heavy atom. The normalized spacial score (nSPS) is 18.9. The van der Waals surface area contributed by atoms with Gasteiger partial charge in [0.15, 0.2) is 5.76 Å². The monoisotopic (exact) mass is 488 g/mol. The lowest BCUT2D eigenvalue weighted by Gasteiger charge is -2.44. The van der Waals surface area contributed by atoms with Crippen LogP contribution in [0, 0.1) is 6.92 Å². The van der Waals surface area contributed by atoms with Crippen LogP contribution in [-0.2, 0) is 16.1 Å².